The smallest absolute Gasteiger partial charge is 0.239 e. The molecule has 2 rings (SSSR count). The highest BCUT2D eigenvalue weighted by Gasteiger charge is 2.09. The zero-order valence-electron chi connectivity index (χ0n) is 7.42. The first-order chi connectivity index (χ1) is 7.16. The van der Waals surface area contributed by atoms with Gasteiger partial charge in [-0.25, -0.2) is 18.7 Å². The summed E-state index contributed by atoms with van der Waals surface area (Å²) in [6.07, 6.45) is 2.41. The summed E-state index contributed by atoms with van der Waals surface area (Å²) in [6, 6.07) is 2.70. The molecule has 0 saturated heterocycles. The molecule has 15 heavy (non-hydrogen) atoms. The second-order valence-corrected chi connectivity index (χ2v) is 2.85. The minimum Gasteiger partial charge on any atom is -0.250 e. The molecule has 1 aromatic carbocycles. The van der Waals surface area contributed by atoms with Crippen LogP contribution < -0.4 is 0 Å². The SMILES string of the molecule is Fc1cc(F)cc(-c2nccnc2F)c1. The van der Waals surface area contributed by atoms with Crippen molar-refractivity contribution in [3.63, 3.8) is 0 Å². The third-order valence-corrected chi connectivity index (χ3v) is 1.79. The van der Waals surface area contributed by atoms with E-state index in [1.165, 1.54) is 6.20 Å². The fourth-order valence-corrected chi connectivity index (χ4v) is 1.21. The van der Waals surface area contributed by atoms with Crippen LogP contribution in [-0.4, -0.2) is 9.97 Å². The average molecular weight is 210 g/mol. The fourth-order valence-electron chi connectivity index (χ4n) is 1.21. The van der Waals surface area contributed by atoms with Crippen LogP contribution in [0.2, 0.25) is 0 Å². The van der Waals surface area contributed by atoms with E-state index in [0.717, 1.165) is 18.3 Å². The van der Waals surface area contributed by atoms with Gasteiger partial charge in [0.05, 0.1) is 0 Å². The minimum absolute atomic E-state index is 0.0260. The average Bonchev–Trinajstić information content (AvgIpc) is 2.16. The van der Waals surface area contributed by atoms with Crippen LogP contribution >= 0.6 is 0 Å². The summed E-state index contributed by atoms with van der Waals surface area (Å²) >= 11 is 0. The highest BCUT2D eigenvalue weighted by atomic mass is 19.1. The molecule has 0 N–H and O–H groups in total. The zero-order valence-corrected chi connectivity index (χ0v) is 7.42. The van der Waals surface area contributed by atoms with E-state index in [9.17, 15) is 13.2 Å². The van der Waals surface area contributed by atoms with Crippen molar-refractivity contribution in [2.75, 3.05) is 0 Å². The van der Waals surface area contributed by atoms with Crippen molar-refractivity contribution in [2.24, 2.45) is 0 Å². The lowest BCUT2D eigenvalue weighted by Crippen LogP contribution is -1.93. The van der Waals surface area contributed by atoms with E-state index in [0.29, 0.717) is 6.07 Å². The Labute approximate surface area is 83.4 Å². The number of nitrogens with zero attached hydrogens (tertiary/aromatic N) is 2. The molecule has 0 spiro atoms. The van der Waals surface area contributed by atoms with Crippen LogP contribution in [0.3, 0.4) is 0 Å². The van der Waals surface area contributed by atoms with Crippen LogP contribution in [0.15, 0.2) is 30.6 Å². The van der Waals surface area contributed by atoms with Crippen LogP contribution in [0.1, 0.15) is 0 Å². The van der Waals surface area contributed by atoms with Gasteiger partial charge in [0.25, 0.3) is 0 Å². The van der Waals surface area contributed by atoms with Crippen molar-refractivity contribution in [3.05, 3.63) is 48.2 Å². The predicted octanol–water partition coefficient (Wildman–Crippen LogP) is 2.56. The number of aromatic nitrogens is 2. The van der Waals surface area contributed by atoms with Gasteiger partial charge in [-0.05, 0) is 12.1 Å². The maximum Gasteiger partial charge on any atom is 0.239 e. The molecule has 0 aliphatic rings. The van der Waals surface area contributed by atoms with Gasteiger partial charge in [-0.2, -0.15) is 4.39 Å². The lowest BCUT2D eigenvalue weighted by atomic mass is 10.1. The molecule has 0 amide bonds. The lowest BCUT2D eigenvalue weighted by molar-refractivity contribution is 0.575. The van der Waals surface area contributed by atoms with E-state index in [2.05, 4.69) is 9.97 Å². The molecule has 0 atom stereocenters. The van der Waals surface area contributed by atoms with Crippen LogP contribution in [-0.2, 0) is 0 Å². The molecule has 0 radical (unpaired) electrons. The number of benzene rings is 1. The molecule has 0 saturated carbocycles. The molecular formula is C10H5F3N2. The fraction of sp³-hybridized carbons (Fsp3) is 0. The van der Waals surface area contributed by atoms with Crippen molar-refractivity contribution >= 4 is 0 Å². The van der Waals surface area contributed by atoms with Gasteiger partial charge in [0.1, 0.15) is 17.3 Å². The normalized spacial score (nSPS) is 10.3. The third-order valence-electron chi connectivity index (χ3n) is 1.79. The number of rotatable bonds is 1. The lowest BCUT2D eigenvalue weighted by Gasteiger charge is -2.01. The number of hydrogen-bond donors (Lipinski definition) is 0. The summed E-state index contributed by atoms with van der Waals surface area (Å²) in [7, 11) is 0. The molecule has 0 bridgehead atoms. The van der Waals surface area contributed by atoms with Gasteiger partial charge in [-0.1, -0.05) is 0 Å². The van der Waals surface area contributed by atoms with Gasteiger partial charge in [0.2, 0.25) is 5.95 Å². The van der Waals surface area contributed by atoms with Crippen molar-refractivity contribution in [1.82, 2.24) is 9.97 Å². The molecule has 0 aliphatic carbocycles. The Hall–Kier alpha value is -1.91. The minimum atomic E-state index is -0.859. The van der Waals surface area contributed by atoms with Gasteiger partial charge < -0.3 is 0 Å². The molecule has 1 heterocycles. The van der Waals surface area contributed by atoms with Crippen molar-refractivity contribution in [1.29, 1.82) is 0 Å². The Morgan fingerprint density at radius 1 is 0.800 bits per heavy atom. The van der Waals surface area contributed by atoms with E-state index in [4.69, 9.17) is 0 Å². The highest BCUT2D eigenvalue weighted by molar-refractivity contribution is 5.58. The number of halogens is 3. The summed E-state index contributed by atoms with van der Waals surface area (Å²) in [5.74, 6) is -2.42. The predicted molar refractivity (Wildman–Crippen MR) is 47.3 cm³/mol. The van der Waals surface area contributed by atoms with Gasteiger partial charge in [-0.3, -0.25) is 0 Å². The molecule has 0 fully saturated rings. The number of hydrogen-bond acceptors (Lipinski definition) is 2. The first-order valence-electron chi connectivity index (χ1n) is 4.10. The maximum absolute atomic E-state index is 13.1. The Kier molecular flexibility index (Phi) is 2.37. The quantitative estimate of drug-likeness (QED) is 0.722. The van der Waals surface area contributed by atoms with Crippen LogP contribution in [0.4, 0.5) is 13.2 Å². The topological polar surface area (TPSA) is 25.8 Å². The Morgan fingerprint density at radius 2 is 1.40 bits per heavy atom. The standard InChI is InChI=1S/C10H5F3N2/c11-7-3-6(4-8(12)5-7)9-10(13)15-2-1-14-9/h1-5H. The third kappa shape index (κ3) is 1.96. The molecule has 76 valence electrons. The Balaban J connectivity index is 2.59. The maximum atomic E-state index is 13.1. The van der Waals surface area contributed by atoms with E-state index < -0.39 is 17.6 Å². The summed E-state index contributed by atoms with van der Waals surface area (Å²) in [5.41, 5.74) is -0.144. The second-order valence-electron chi connectivity index (χ2n) is 2.85. The Morgan fingerprint density at radius 3 is 2.00 bits per heavy atom. The highest BCUT2D eigenvalue weighted by Crippen LogP contribution is 2.20. The van der Waals surface area contributed by atoms with E-state index in [-0.39, 0.29) is 11.3 Å². The van der Waals surface area contributed by atoms with Crippen LogP contribution in [0, 0.1) is 17.6 Å². The van der Waals surface area contributed by atoms with Crippen LogP contribution in [0.25, 0.3) is 11.3 Å². The molecule has 2 aromatic rings. The first-order valence-corrected chi connectivity index (χ1v) is 4.10. The molecule has 2 nitrogen and oxygen atoms in total. The van der Waals surface area contributed by atoms with Gasteiger partial charge >= 0.3 is 0 Å². The monoisotopic (exact) mass is 210 g/mol. The summed E-state index contributed by atoms with van der Waals surface area (Å²) in [6.45, 7) is 0. The molecule has 0 unspecified atom stereocenters. The molecule has 1 aromatic heterocycles. The van der Waals surface area contributed by atoms with E-state index >= 15 is 0 Å². The van der Waals surface area contributed by atoms with Crippen molar-refractivity contribution < 1.29 is 13.2 Å². The van der Waals surface area contributed by atoms with Gasteiger partial charge in [0, 0.05) is 24.0 Å². The largest absolute Gasteiger partial charge is 0.250 e. The second kappa shape index (κ2) is 3.68. The molecule has 5 heteroatoms. The van der Waals surface area contributed by atoms with Crippen LogP contribution in [0.5, 0.6) is 0 Å². The molecular weight excluding hydrogens is 205 g/mol. The van der Waals surface area contributed by atoms with Gasteiger partial charge in [-0.15, -0.1) is 0 Å². The summed E-state index contributed by atoms with van der Waals surface area (Å²) < 4.78 is 38.8. The molecule has 0 aliphatic heterocycles. The first kappa shape index (κ1) is 9.64. The van der Waals surface area contributed by atoms with Gasteiger partial charge in [0.15, 0.2) is 0 Å². The van der Waals surface area contributed by atoms with Crippen molar-refractivity contribution in [2.45, 2.75) is 0 Å². The summed E-state index contributed by atoms with van der Waals surface area (Å²) in [5, 5.41) is 0. The van der Waals surface area contributed by atoms with E-state index in [1.807, 2.05) is 0 Å². The van der Waals surface area contributed by atoms with Crippen molar-refractivity contribution in [3.8, 4) is 11.3 Å². The summed E-state index contributed by atoms with van der Waals surface area (Å²) in [4.78, 5) is 7.00. The van der Waals surface area contributed by atoms with E-state index in [1.54, 1.807) is 0 Å². The Bertz CT molecular complexity index is 480. The zero-order chi connectivity index (χ0) is 10.8.